The van der Waals surface area contributed by atoms with Gasteiger partial charge in [-0.05, 0) is 25.0 Å². The van der Waals surface area contributed by atoms with Gasteiger partial charge in [0.05, 0.1) is 16.6 Å². The Labute approximate surface area is 125 Å². The Kier molecular flexibility index (Phi) is 5.54. The van der Waals surface area contributed by atoms with Crippen molar-refractivity contribution in [1.82, 2.24) is 10.6 Å². The molecule has 0 atom stereocenters. The minimum absolute atomic E-state index is 0.0702. The van der Waals surface area contributed by atoms with E-state index in [4.69, 9.17) is 11.6 Å². The fourth-order valence-electron chi connectivity index (χ4n) is 1.41. The summed E-state index contributed by atoms with van der Waals surface area (Å²) in [5, 5.41) is 5.43. The van der Waals surface area contributed by atoms with Gasteiger partial charge in [0, 0.05) is 16.7 Å². The fourth-order valence-corrected chi connectivity index (χ4v) is 3.47. The summed E-state index contributed by atoms with van der Waals surface area (Å²) in [7, 11) is 0. The topological polar surface area (TPSA) is 58.2 Å². The number of hydrogen-bond donors (Lipinski definition) is 2. The summed E-state index contributed by atoms with van der Waals surface area (Å²) in [5.41, 5.74) is 0. The minimum Gasteiger partial charge on any atom is -0.352 e. The summed E-state index contributed by atoms with van der Waals surface area (Å²) in [6.45, 7) is 0.0702. The molecule has 1 aliphatic rings. The van der Waals surface area contributed by atoms with E-state index in [1.54, 1.807) is 0 Å². The lowest BCUT2D eigenvalue weighted by Gasteiger charge is -2.05. The molecule has 1 aromatic heterocycles. The third kappa shape index (κ3) is 5.84. The maximum Gasteiger partial charge on any atom is 0.239 e. The molecule has 7 heteroatoms. The lowest BCUT2D eigenvalue weighted by Crippen LogP contribution is -2.38. The summed E-state index contributed by atoms with van der Waals surface area (Å²) in [4.78, 5) is 24.0. The molecule has 0 saturated heterocycles. The first kappa shape index (κ1) is 14.7. The molecule has 2 N–H and O–H groups in total. The maximum atomic E-state index is 11.5. The van der Waals surface area contributed by atoms with Crippen LogP contribution in [0.4, 0.5) is 0 Å². The molecule has 2 amide bonds. The molecule has 0 aliphatic heterocycles. The van der Waals surface area contributed by atoms with E-state index in [1.165, 1.54) is 23.1 Å². The third-order valence-electron chi connectivity index (χ3n) is 2.49. The predicted molar refractivity (Wildman–Crippen MR) is 79.7 cm³/mol. The third-order valence-corrected chi connectivity index (χ3v) is 4.89. The van der Waals surface area contributed by atoms with E-state index < -0.39 is 0 Å². The van der Waals surface area contributed by atoms with E-state index in [0.29, 0.717) is 11.8 Å². The van der Waals surface area contributed by atoms with E-state index in [2.05, 4.69) is 10.6 Å². The number of thiophene rings is 1. The summed E-state index contributed by atoms with van der Waals surface area (Å²) in [5.74, 6) is 0.898. The van der Waals surface area contributed by atoms with Gasteiger partial charge >= 0.3 is 0 Å². The number of carbonyl (C=O) groups excluding carboxylic acids is 2. The van der Waals surface area contributed by atoms with Crippen LogP contribution in [0.15, 0.2) is 12.1 Å². The molecular weight excluding hydrogens is 304 g/mol. The first-order valence-corrected chi connectivity index (χ1v) is 8.36. The molecule has 0 bridgehead atoms. The summed E-state index contributed by atoms with van der Waals surface area (Å²) < 4.78 is 0.761. The van der Waals surface area contributed by atoms with Crippen molar-refractivity contribution in [3.8, 4) is 0 Å². The number of hydrogen-bond acceptors (Lipinski definition) is 4. The van der Waals surface area contributed by atoms with E-state index in [9.17, 15) is 9.59 Å². The summed E-state index contributed by atoms with van der Waals surface area (Å²) in [6.07, 6.45) is 2.11. The van der Waals surface area contributed by atoms with Gasteiger partial charge < -0.3 is 10.6 Å². The first-order valence-electron chi connectivity index (χ1n) is 6.01. The van der Waals surface area contributed by atoms with Crippen LogP contribution in [-0.2, 0) is 15.3 Å². The van der Waals surface area contributed by atoms with Crippen LogP contribution in [0.25, 0.3) is 0 Å². The number of thioether (sulfide) groups is 1. The lowest BCUT2D eigenvalue weighted by molar-refractivity contribution is -0.124. The monoisotopic (exact) mass is 318 g/mol. The van der Waals surface area contributed by atoms with Crippen LogP contribution in [0.3, 0.4) is 0 Å². The molecule has 0 unspecified atom stereocenters. The molecule has 1 fully saturated rings. The molecule has 2 rings (SSSR count). The zero-order chi connectivity index (χ0) is 13.7. The highest BCUT2D eigenvalue weighted by atomic mass is 35.5. The smallest absolute Gasteiger partial charge is 0.239 e. The Balaban J connectivity index is 1.55. The van der Waals surface area contributed by atoms with E-state index >= 15 is 0 Å². The molecule has 104 valence electrons. The van der Waals surface area contributed by atoms with Gasteiger partial charge in [0.1, 0.15) is 0 Å². The van der Waals surface area contributed by atoms with Crippen LogP contribution in [0.1, 0.15) is 17.7 Å². The summed E-state index contributed by atoms with van der Waals surface area (Å²) in [6, 6.07) is 4.15. The Morgan fingerprint density at radius 2 is 2.16 bits per heavy atom. The van der Waals surface area contributed by atoms with Gasteiger partial charge in [-0.3, -0.25) is 9.59 Å². The molecule has 0 spiro atoms. The number of amides is 2. The number of halogens is 1. The van der Waals surface area contributed by atoms with Crippen LogP contribution in [0, 0.1) is 0 Å². The molecule has 0 radical (unpaired) electrons. The van der Waals surface area contributed by atoms with E-state index in [0.717, 1.165) is 27.8 Å². The molecule has 1 aliphatic carbocycles. The zero-order valence-electron chi connectivity index (χ0n) is 10.3. The van der Waals surface area contributed by atoms with Crippen molar-refractivity contribution in [3.63, 3.8) is 0 Å². The SMILES string of the molecule is O=C(CSCc1ccc(Cl)s1)NCC(=O)NC1CC1. The van der Waals surface area contributed by atoms with Crippen LogP contribution in [-0.4, -0.2) is 30.2 Å². The largest absolute Gasteiger partial charge is 0.352 e. The Morgan fingerprint density at radius 1 is 1.37 bits per heavy atom. The predicted octanol–water partition coefficient (Wildman–Crippen LogP) is 2.03. The Bertz CT molecular complexity index is 460. The zero-order valence-corrected chi connectivity index (χ0v) is 12.7. The van der Waals surface area contributed by atoms with Gasteiger partial charge in [0.15, 0.2) is 0 Å². The summed E-state index contributed by atoms with van der Waals surface area (Å²) >= 11 is 8.85. The average molecular weight is 319 g/mol. The molecular formula is C12H15ClN2O2S2. The average Bonchev–Trinajstić information content (AvgIpc) is 3.08. The minimum atomic E-state index is -0.112. The second kappa shape index (κ2) is 7.17. The van der Waals surface area contributed by atoms with Gasteiger partial charge in [-0.2, -0.15) is 0 Å². The first-order chi connectivity index (χ1) is 9.13. The second-order valence-corrected chi connectivity index (χ2v) is 7.10. The quantitative estimate of drug-likeness (QED) is 0.809. The maximum absolute atomic E-state index is 11.5. The number of carbonyl (C=O) groups is 2. The molecule has 1 saturated carbocycles. The van der Waals surface area contributed by atoms with Gasteiger partial charge in [0.25, 0.3) is 0 Å². The highest BCUT2D eigenvalue weighted by molar-refractivity contribution is 7.99. The molecule has 19 heavy (non-hydrogen) atoms. The van der Waals surface area contributed by atoms with Gasteiger partial charge in [0.2, 0.25) is 11.8 Å². The van der Waals surface area contributed by atoms with E-state index in [1.807, 2.05) is 12.1 Å². The van der Waals surface area contributed by atoms with Crippen molar-refractivity contribution in [3.05, 3.63) is 21.3 Å². The van der Waals surface area contributed by atoms with Crippen molar-refractivity contribution in [2.45, 2.75) is 24.6 Å². The Hall–Kier alpha value is -0.720. The van der Waals surface area contributed by atoms with Crippen molar-refractivity contribution in [2.24, 2.45) is 0 Å². The molecule has 4 nitrogen and oxygen atoms in total. The van der Waals surface area contributed by atoms with Gasteiger partial charge in [-0.1, -0.05) is 11.6 Å². The molecule has 1 aromatic rings. The highest BCUT2D eigenvalue weighted by Gasteiger charge is 2.23. The van der Waals surface area contributed by atoms with Crippen molar-refractivity contribution in [2.75, 3.05) is 12.3 Å². The van der Waals surface area contributed by atoms with Crippen LogP contribution >= 0.6 is 34.7 Å². The van der Waals surface area contributed by atoms with Crippen molar-refractivity contribution >= 4 is 46.5 Å². The highest BCUT2D eigenvalue weighted by Crippen LogP contribution is 2.24. The van der Waals surface area contributed by atoms with Gasteiger partial charge in [-0.15, -0.1) is 23.1 Å². The lowest BCUT2D eigenvalue weighted by atomic mass is 10.5. The second-order valence-electron chi connectivity index (χ2n) is 4.32. The van der Waals surface area contributed by atoms with Crippen LogP contribution in [0.5, 0.6) is 0 Å². The Morgan fingerprint density at radius 3 is 2.79 bits per heavy atom. The van der Waals surface area contributed by atoms with Crippen molar-refractivity contribution in [1.29, 1.82) is 0 Å². The van der Waals surface area contributed by atoms with Crippen molar-refractivity contribution < 1.29 is 9.59 Å². The van der Waals surface area contributed by atoms with E-state index in [-0.39, 0.29) is 18.4 Å². The molecule has 0 aromatic carbocycles. The number of rotatable bonds is 7. The standard InChI is InChI=1S/C12H15ClN2O2S2/c13-10-4-3-9(19-10)6-18-7-12(17)14-5-11(16)15-8-1-2-8/h3-4,8H,1-2,5-7H2,(H,14,17)(H,15,16). The molecule has 1 heterocycles. The van der Waals surface area contributed by atoms with Gasteiger partial charge in [-0.25, -0.2) is 0 Å². The van der Waals surface area contributed by atoms with Crippen LogP contribution in [0.2, 0.25) is 4.34 Å². The normalized spacial score (nSPS) is 14.2. The fraction of sp³-hybridized carbons (Fsp3) is 0.500. The number of nitrogens with one attached hydrogen (secondary N) is 2. The van der Waals surface area contributed by atoms with Crippen LogP contribution < -0.4 is 10.6 Å².